The maximum absolute atomic E-state index is 12.9. The Labute approximate surface area is 124 Å². The molecule has 0 radical (unpaired) electrons. The lowest BCUT2D eigenvalue weighted by atomic mass is 10.0. The van der Waals surface area contributed by atoms with Crippen molar-refractivity contribution >= 4 is 5.91 Å². The van der Waals surface area contributed by atoms with Crippen LogP contribution in [0.1, 0.15) is 30.6 Å². The van der Waals surface area contributed by atoms with Crippen LogP contribution in [0.2, 0.25) is 0 Å². The highest BCUT2D eigenvalue weighted by atomic mass is 19.4. The van der Waals surface area contributed by atoms with Crippen molar-refractivity contribution in [2.45, 2.75) is 31.7 Å². The maximum Gasteiger partial charge on any atom is 0.421 e. The van der Waals surface area contributed by atoms with Crippen LogP contribution in [-0.4, -0.2) is 40.9 Å². The van der Waals surface area contributed by atoms with Crippen molar-refractivity contribution in [3.63, 3.8) is 0 Å². The van der Waals surface area contributed by atoms with Crippen LogP contribution in [-0.2, 0) is 11.0 Å². The van der Waals surface area contributed by atoms with Crippen LogP contribution in [0.3, 0.4) is 0 Å². The van der Waals surface area contributed by atoms with Crippen molar-refractivity contribution in [1.82, 2.24) is 10.3 Å². The van der Waals surface area contributed by atoms with Crippen molar-refractivity contribution in [2.75, 3.05) is 13.7 Å². The number of hydrogen-bond donors (Lipinski definition) is 3. The third kappa shape index (κ3) is 4.85. The van der Waals surface area contributed by atoms with Gasteiger partial charge in [-0.3, -0.25) is 4.79 Å². The molecule has 3 N–H and O–H groups in total. The van der Waals surface area contributed by atoms with E-state index in [9.17, 15) is 28.2 Å². The highest BCUT2D eigenvalue weighted by Crippen LogP contribution is 2.36. The number of aliphatic hydroxyl groups is 2. The molecule has 1 aromatic heterocycles. The summed E-state index contributed by atoms with van der Waals surface area (Å²) < 4.78 is 43.1. The minimum atomic E-state index is -4.70. The predicted molar refractivity (Wildman–Crippen MR) is 70.1 cm³/mol. The summed E-state index contributed by atoms with van der Waals surface area (Å²) in [4.78, 5) is 14.2. The molecular weight excluding hydrogens is 305 g/mol. The summed E-state index contributed by atoms with van der Waals surface area (Å²) in [6.07, 6.45) is -6.62. The largest absolute Gasteiger partial charge is 0.481 e. The Morgan fingerprint density at radius 2 is 2.09 bits per heavy atom. The Balaban J connectivity index is 2.89. The van der Waals surface area contributed by atoms with Crippen molar-refractivity contribution < 1.29 is 32.9 Å². The van der Waals surface area contributed by atoms with Crippen LogP contribution in [0.5, 0.6) is 5.88 Å². The van der Waals surface area contributed by atoms with E-state index < -0.39 is 29.8 Å². The summed E-state index contributed by atoms with van der Waals surface area (Å²) in [7, 11) is 1.05. The molecule has 124 valence electrons. The zero-order valence-corrected chi connectivity index (χ0v) is 12.0. The van der Waals surface area contributed by atoms with E-state index in [0.717, 1.165) is 13.3 Å². The number of rotatable bonds is 6. The molecule has 1 aromatic rings. The number of pyridine rings is 1. The lowest BCUT2D eigenvalue weighted by molar-refractivity contribution is -0.139. The van der Waals surface area contributed by atoms with Crippen LogP contribution < -0.4 is 10.1 Å². The number of ether oxygens (including phenoxy) is 1. The minimum absolute atomic E-state index is 0.0197. The molecule has 0 aliphatic heterocycles. The number of aromatic nitrogens is 1. The standard InChI is InChI=1S/C13H17F3N2O4/c1-7(19)17-4-3-10(20)11(21)8-5-9(13(14,15)16)12(22-2)18-6-8/h5-6,10-11,20-21H,3-4H2,1-2H3,(H,17,19). The number of aliphatic hydroxyl groups excluding tert-OH is 2. The van der Waals surface area contributed by atoms with Gasteiger partial charge in [-0.25, -0.2) is 4.98 Å². The first-order chi connectivity index (χ1) is 10.2. The lowest BCUT2D eigenvalue weighted by Gasteiger charge is -2.20. The first-order valence-corrected chi connectivity index (χ1v) is 6.38. The van der Waals surface area contributed by atoms with Crippen LogP contribution in [0.25, 0.3) is 0 Å². The van der Waals surface area contributed by atoms with Gasteiger partial charge in [0, 0.05) is 25.2 Å². The number of carbonyl (C=O) groups excluding carboxylic acids is 1. The summed E-state index contributed by atoms with van der Waals surface area (Å²) >= 11 is 0. The molecule has 1 heterocycles. The molecule has 9 heteroatoms. The fourth-order valence-electron chi connectivity index (χ4n) is 1.77. The van der Waals surface area contributed by atoms with Gasteiger partial charge >= 0.3 is 6.18 Å². The monoisotopic (exact) mass is 322 g/mol. The third-order valence-electron chi connectivity index (χ3n) is 2.89. The molecule has 2 atom stereocenters. The number of carbonyl (C=O) groups is 1. The Hall–Kier alpha value is -1.87. The Morgan fingerprint density at radius 1 is 1.45 bits per heavy atom. The molecule has 0 fully saturated rings. The van der Waals surface area contributed by atoms with Crippen molar-refractivity contribution in [3.8, 4) is 5.88 Å². The Kier molecular flexibility index (Phi) is 6.12. The number of nitrogens with one attached hydrogen (secondary N) is 1. The second-order valence-electron chi connectivity index (χ2n) is 4.61. The lowest BCUT2D eigenvalue weighted by Crippen LogP contribution is -2.28. The van der Waals surface area contributed by atoms with Crippen LogP contribution >= 0.6 is 0 Å². The van der Waals surface area contributed by atoms with Gasteiger partial charge in [-0.1, -0.05) is 0 Å². The smallest absolute Gasteiger partial charge is 0.421 e. The quantitative estimate of drug-likeness (QED) is 0.727. The van der Waals surface area contributed by atoms with Gasteiger partial charge in [0.15, 0.2) is 0 Å². The molecule has 1 rings (SSSR count). The van der Waals surface area contributed by atoms with E-state index in [1.807, 2.05) is 0 Å². The number of methoxy groups -OCH3 is 1. The molecule has 2 unspecified atom stereocenters. The normalized spacial score (nSPS) is 14.3. The second-order valence-corrected chi connectivity index (χ2v) is 4.61. The second kappa shape index (κ2) is 7.41. The predicted octanol–water partition coefficient (Wildman–Crippen LogP) is 1.03. The van der Waals surface area contributed by atoms with E-state index in [1.165, 1.54) is 6.92 Å². The van der Waals surface area contributed by atoms with E-state index >= 15 is 0 Å². The highest BCUT2D eigenvalue weighted by Gasteiger charge is 2.36. The molecule has 0 spiro atoms. The van der Waals surface area contributed by atoms with E-state index in [1.54, 1.807) is 0 Å². The molecule has 0 saturated carbocycles. The van der Waals surface area contributed by atoms with Gasteiger partial charge in [-0.05, 0) is 12.5 Å². The highest BCUT2D eigenvalue weighted by molar-refractivity contribution is 5.72. The third-order valence-corrected chi connectivity index (χ3v) is 2.89. The fraction of sp³-hybridized carbons (Fsp3) is 0.538. The fourth-order valence-corrected chi connectivity index (χ4v) is 1.77. The Morgan fingerprint density at radius 3 is 2.59 bits per heavy atom. The van der Waals surface area contributed by atoms with Crippen molar-refractivity contribution in [3.05, 3.63) is 23.4 Å². The van der Waals surface area contributed by atoms with Crippen molar-refractivity contribution in [2.24, 2.45) is 0 Å². The molecule has 0 saturated heterocycles. The van der Waals surface area contributed by atoms with Gasteiger partial charge in [-0.15, -0.1) is 0 Å². The van der Waals surface area contributed by atoms with Crippen LogP contribution in [0, 0.1) is 0 Å². The number of halogens is 3. The molecule has 0 bridgehead atoms. The first kappa shape index (κ1) is 18.2. The summed E-state index contributed by atoms with van der Waals surface area (Å²) in [5.74, 6) is -0.927. The zero-order chi connectivity index (χ0) is 16.9. The Bertz CT molecular complexity index is 522. The molecule has 1 amide bonds. The van der Waals surface area contributed by atoms with Gasteiger partial charge in [-0.2, -0.15) is 13.2 Å². The minimum Gasteiger partial charge on any atom is -0.481 e. The maximum atomic E-state index is 12.9. The molecule has 0 aromatic carbocycles. The van der Waals surface area contributed by atoms with E-state index in [0.29, 0.717) is 6.07 Å². The molecule has 6 nitrogen and oxygen atoms in total. The van der Waals surface area contributed by atoms with Gasteiger partial charge in [0.2, 0.25) is 11.8 Å². The number of amides is 1. The van der Waals surface area contributed by atoms with Gasteiger partial charge in [0.25, 0.3) is 0 Å². The summed E-state index contributed by atoms with van der Waals surface area (Å²) in [5, 5.41) is 22.1. The molecule has 22 heavy (non-hydrogen) atoms. The van der Waals surface area contributed by atoms with Crippen LogP contribution in [0.15, 0.2) is 12.3 Å². The average molecular weight is 322 g/mol. The average Bonchev–Trinajstić information content (AvgIpc) is 2.44. The van der Waals surface area contributed by atoms with E-state index in [4.69, 9.17) is 0 Å². The summed E-state index contributed by atoms with van der Waals surface area (Å²) in [6.45, 7) is 1.37. The van der Waals surface area contributed by atoms with Gasteiger partial charge in [0.05, 0.1) is 13.2 Å². The first-order valence-electron chi connectivity index (χ1n) is 6.38. The SMILES string of the molecule is COc1ncc(C(O)C(O)CCNC(C)=O)cc1C(F)(F)F. The summed E-state index contributed by atoms with van der Waals surface area (Å²) in [6, 6.07) is 0.679. The summed E-state index contributed by atoms with van der Waals surface area (Å²) in [5.41, 5.74) is -1.33. The number of hydrogen-bond acceptors (Lipinski definition) is 5. The van der Waals surface area contributed by atoms with E-state index in [2.05, 4.69) is 15.0 Å². The number of alkyl halides is 3. The molecule has 0 aliphatic rings. The van der Waals surface area contributed by atoms with Gasteiger partial charge < -0.3 is 20.3 Å². The molecule has 0 aliphatic carbocycles. The topological polar surface area (TPSA) is 91.7 Å². The number of nitrogens with zero attached hydrogens (tertiary/aromatic N) is 1. The molecular formula is C13H17F3N2O4. The van der Waals surface area contributed by atoms with Gasteiger partial charge in [0.1, 0.15) is 11.7 Å². The zero-order valence-electron chi connectivity index (χ0n) is 12.0. The van der Waals surface area contributed by atoms with Crippen molar-refractivity contribution in [1.29, 1.82) is 0 Å². The van der Waals surface area contributed by atoms with E-state index in [-0.39, 0.29) is 24.4 Å². The van der Waals surface area contributed by atoms with Crippen LogP contribution in [0.4, 0.5) is 13.2 Å².